The van der Waals surface area contributed by atoms with Gasteiger partial charge in [0.05, 0.1) is 25.9 Å². The zero-order valence-electron chi connectivity index (χ0n) is 15.9. The Kier molecular flexibility index (Phi) is 7.03. The number of benzene rings is 1. The second-order valence-corrected chi connectivity index (χ2v) is 6.78. The summed E-state index contributed by atoms with van der Waals surface area (Å²) in [5.74, 6) is -0.388. The number of piperazine rings is 1. The van der Waals surface area contributed by atoms with Gasteiger partial charge in [-0.05, 0) is 24.3 Å². The Balaban J connectivity index is 1.39. The summed E-state index contributed by atoms with van der Waals surface area (Å²) in [6.45, 7) is 8.98. The number of hydrogen-bond donors (Lipinski definition) is 1. The lowest BCUT2D eigenvalue weighted by atomic mass is 10.2. The van der Waals surface area contributed by atoms with E-state index in [9.17, 15) is 9.59 Å². The second kappa shape index (κ2) is 9.68. The predicted molar refractivity (Wildman–Crippen MR) is 102 cm³/mol. The average molecular weight is 376 g/mol. The van der Waals surface area contributed by atoms with Crippen LogP contribution in [0.1, 0.15) is 10.4 Å². The summed E-state index contributed by atoms with van der Waals surface area (Å²) < 4.78 is 10.0. The van der Waals surface area contributed by atoms with Gasteiger partial charge in [-0.1, -0.05) is 0 Å². The number of morpholine rings is 1. The Morgan fingerprint density at radius 3 is 2.15 bits per heavy atom. The Bertz CT molecular complexity index is 623. The number of esters is 1. The molecule has 1 aromatic rings. The van der Waals surface area contributed by atoms with E-state index in [2.05, 4.69) is 19.9 Å². The molecular weight excluding hydrogens is 348 g/mol. The monoisotopic (exact) mass is 376 g/mol. The van der Waals surface area contributed by atoms with E-state index in [1.54, 1.807) is 24.3 Å². The SMILES string of the molecule is COC(=O)c1ccc(NC(=O)N2CCN(CCN3CCOCC3)CC2)cc1. The molecule has 8 nitrogen and oxygen atoms in total. The Labute approximate surface area is 160 Å². The number of nitrogens with zero attached hydrogens (tertiary/aromatic N) is 3. The molecule has 0 spiro atoms. The Hall–Kier alpha value is -2.16. The number of urea groups is 1. The molecule has 2 heterocycles. The summed E-state index contributed by atoms with van der Waals surface area (Å²) >= 11 is 0. The molecule has 148 valence electrons. The fourth-order valence-electron chi connectivity index (χ4n) is 3.29. The highest BCUT2D eigenvalue weighted by molar-refractivity contribution is 5.92. The lowest BCUT2D eigenvalue weighted by Crippen LogP contribution is -2.51. The Morgan fingerprint density at radius 1 is 0.963 bits per heavy atom. The highest BCUT2D eigenvalue weighted by atomic mass is 16.5. The van der Waals surface area contributed by atoms with Crippen molar-refractivity contribution in [3.05, 3.63) is 29.8 Å². The van der Waals surface area contributed by atoms with Crippen molar-refractivity contribution in [2.45, 2.75) is 0 Å². The first-order valence-corrected chi connectivity index (χ1v) is 9.42. The van der Waals surface area contributed by atoms with Crippen LogP contribution in [0.15, 0.2) is 24.3 Å². The Morgan fingerprint density at radius 2 is 1.56 bits per heavy atom. The first-order valence-electron chi connectivity index (χ1n) is 9.42. The van der Waals surface area contributed by atoms with Crippen LogP contribution < -0.4 is 5.32 Å². The van der Waals surface area contributed by atoms with Crippen LogP contribution in [0, 0.1) is 0 Å². The largest absolute Gasteiger partial charge is 0.465 e. The number of anilines is 1. The highest BCUT2D eigenvalue weighted by Gasteiger charge is 2.22. The maximum atomic E-state index is 12.4. The van der Waals surface area contributed by atoms with E-state index in [-0.39, 0.29) is 12.0 Å². The number of carbonyl (C=O) groups excluding carboxylic acids is 2. The third kappa shape index (κ3) is 5.66. The first-order chi connectivity index (χ1) is 13.2. The fraction of sp³-hybridized carbons (Fsp3) is 0.579. The minimum atomic E-state index is -0.388. The summed E-state index contributed by atoms with van der Waals surface area (Å²) in [7, 11) is 1.35. The van der Waals surface area contributed by atoms with E-state index < -0.39 is 0 Å². The molecule has 2 amide bonds. The van der Waals surface area contributed by atoms with E-state index >= 15 is 0 Å². The van der Waals surface area contributed by atoms with Gasteiger partial charge in [-0.3, -0.25) is 9.80 Å². The summed E-state index contributed by atoms with van der Waals surface area (Å²) in [6.07, 6.45) is 0. The zero-order chi connectivity index (χ0) is 19.1. The normalized spacial score (nSPS) is 18.9. The fourth-order valence-corrected chi connectivity index (χ4v) is 3.29. The van der Waals surface area contributed by atoms with Gasteiger partial charge in [0.1, 0.15) is 0 Å². The molecule has 0 unspecified atom stereocenters. The number of rotatable bonds is 5. The van der Waals surface area contributed by atoms with Crippen LogP contribution in [-0.2, 0) is 9.47 Å². The number of amides is 2. The molecule has 0 radical (unpaired) electrons. The molecule has 1 N–H and O–H groups in total. The molecule has 2 fully saturated rings. The number of nitrogens with one attached hydrogen (secondary N) is 1. The number of hydrogen-bond acceptors (Lipinski definition) is 6. The van der Waals surface area contributed by atoms with E-state index in [1.165, 1.54) is 7.11 Å². The van der Waals surface area contributed by atoms with Gasteiger partial charge in [-0.25, -0.2) is 9.59 Å². The summed E-state index contributed by atoms with van der Waals surface area (Å²) in [5, 5.41) is 2.89. The van der Waals surface area contributed by atoms with Crippen molar-refractivity contribution in [2.75, 3.05) is 78.0 Å². The second-order valence-electron chi connectivity index (χ2n) is 6.78. The molecule has 0 aliphatic carbocycles. The smallest absolute Gasteiger partial charge is 0.337 e. The average Bonchev–Trinajstić information content (AvgIpc) is 2.73. The van der Waals surface area contributed by atoms with Crippen molar-refractivity contribution in [2.24, 2.45) is 0 Å². The lowest BCUT2D eigenvalue weighted by Gasteiger charge is -2.36. The molecule has 0 bridgehead atoms. The number of carbonyl (C=O) groups is 2. The van der Waals surface area contributed by atoms with Gasteiger partial charge in [0, 0.05) is 58.0 Å². The molecule has 2 aliphatic rings. The van der Waals surface area contributed by atoms with Gasteiger partial charge in [0.25, 0.3) is 0 Å². The lowest BCUT2D eigenvalue weighted by molar-refractivity contribution is 0.0311. The number of ether oxygens (including phenoxy) is 2. The van der Waals surface area contributed by atoms with Gasteiger partial charge in [-0.15, -0.1) is 0 Å². The minimum Gasteiger partial charge on any atom is -0.465 e. The van der Waals surface area contributed by atoms with Crippen LogP contribution in [0.4, 0.5) is 10.5 Å². The molecule has 2 aliphatic heterocycles. The topological polar surface area (TPSA) is 74.4 Å². The standard InChI is InChI=1S/C19H28N4O4/c1-26-18(24)16-2-4-17(5-3-16)20-19(25)23-10-8-21(9-11-23)6-7-22-12-14-27-15-13-22/h2-5H,6-15H2,1H3,(H,20,25). The van der Waals surface area contributed by atoms with Crippen LogP contribution in [0.2, 0.25) is 0 Å². The summed E-state index contributed by atoms with van der Waals surface area (Å²) in [6, 6.07) is 6.61. The first kappa shape index (κ1) is 19.6. The van der Waals surface area contributed by atoms with E-state index in [0.29, 0.717) is 11.3 Å². The molecule has 8 heteroatoms. The van der Waals surface area contributed by atoms with Gasteiger partial charge >= 0.3 is 12.0 Å². The van der Waals surface area contributed by atoms with Crippen molar-refractivity contribution in [1.82, 2.24) is 14.7 Å². The molecular formula is C19H28N4O4. The van der Waals surface area contributed by atoms with E-state index in [1.807, 2.05) is 4.90 Å². The van der Waals surface area contributed by atoms with Crippen molar-refractivity contribution in [3.63, 3.8) is 0 Å². The van der Waals surface area contributed by atoms with E-state index in [0.717, 1.165) is 65.6 Å². The quantitative estimate of drug-likeness (QED) is 0.772. The van der Waals surface area contributed by atoms with Crippen molar-refractivity contribution < 1.29 is 19.1 Å². The third-order valence-electron chi connectivity index (χ3n) is 5.05. The van der Waals surface area contributed by atoms with Gasteiger partial charge < -0.3 is 19.7 Å². The summed E-state index contributed by atoms with van der Waals surface area (Å²) in [4.78, 5) is 30.6. The maximum Gasteiger partial charge on any atom is 0.337 e. The minimum absolute atomic E-state index is 0.103. The van der Waals surface area contributed by atoms with Crippen LogP contribution in [0.3, 0.4) is 0 Å². The van der Waals surface area contributed by atoms with Crippen LogP contribution in [0.25, 0.3) is 0 Å². The molecule has 0 saturated carbocycles. The number of methoxy groups -OCH3 is 1. The van der Waals surface area contributed by atoms with E-state index in [4.69, 9.17) is 4.74 Å². The third-order valence-corrected chi connectivity index (χ3v) is 5.05. The molecule has 0 atom stereocenters. The molecule has 1 aromatic carbocycles. The predicted octanol–water partition coefficient (Wildman–Crippen LogP) is 0.955. The molecule has 0 aromatic heterocycles. The van der Waals surface area contributed by atoms with Gasteiger partial charge in [0.15, 0.2) is 0 Å². The van der Waals surface area contributed by atoms with Crippen molar-refractivity contribution in [3.8, 4) is 0 Å². The van der Waals surface area contributed by atoms with Crippen LogP contribution in [-0.4, -0.2) is 99.4 Å². The van der Waals surface area contributed by atoms with Gasteiger partial charge in [-0.2, -0.15) is 0 Å². The maximum absolute atomic E-state index is 12.4. The van der Waals surface area contributed by atoms with Crippen molar-refractivity contribution in [1.29, 1.82) is 0 Å². The molecule has 27 heavy (non-hydrogen) atoms. The van der Waals surface area contributed by atoms with Crippen molar-refractivity contribution >= 4 is 17.7 Å². The molecule has 2 saturated heterocycles. The van der Waals surface area contributed by atoms with Crippen LogP contribution >= 0.6 is 0 Å². The highest BCUT2D eigenvalue weighted by Crippen LogP contribution is 2.12. The zero-order valence-corrected chi connectivity index (χ0v) is 15.9. The van der Waals surface area contributed by atoms with Crippen LogP contribution in [0.5, 0.6) is 0 Å². The summed E-state index contributed by atoms with van der Waals surface area (Å²) in [5.41, 5.74) is 1.13. The van der Waals surface area contributed by atoms with Gasteiger partial charge in [0.2, 0.25) is 0 Å². The molecule has 3 rings (SSSR count).